The second kappa shape index (κ2) is 15.3. The number of benzene rings is 2. The molecule has 2 aliphatic rings. The maximum atomic E-state index is 13.7. The lowest BCUT2D eigenvalue weighted by Gasteiger charge is -2.35. The first-order valence-electron chi connectivity index (χ1n) is 15.2. The van der Waals surface area contributed by atoms with Crippen molar-refractivity contribution in [3.05, 3.63) is 78.0 Å². The van der Waals surface area contributed by atoms with Crippen LogP contribution in [0.1, 0.15) is 48.7 Å². The van der Waals surface area contributed by atoms with Gasteiger partial charge in [-0.2, -0.15) is 4.98 Å². The highest BCUT2D eigenvalue weighted by atomic mass is 16.6. The number of carbonyl (C=O) groups is 3. The highest BCUT2D eigenvalue weighted by Crippen LogP contribution is 2.25. The number of nitrogens with zero attached hydrogens (tertiary/aromatic N) is 4. The van der Waals surface area contributed by atoms with Crippen LogP contribution in [0.2, 0.25) is 0 Å². The molecule has 11 heteroatoms. The fourth-order valence-corrected chi connectivity index (χ4v) is 5.32. The molecule has 1 atom stereocenters. The van der Waals surface area contributed by atoms with Crippen molar-refractivity contribution in [2.75, 3.05) is 39.4 Å². The molecule has 3 amide bonds. The average Bonchev–Trinajstić information content (AvgIpc) is 3.58. The van der Waals surface area contributed by atoms with Crippen LogP contribution in [-0.2, 0) is 20.9 Å². The summed E-state index contributed by atoms with van der Waals surface area (Å²) in [4.78, 5) is 52.0. The van der Waals surface area contributed by atoms with Crippen LogP contribution < -0.4 is 10.1 Å². The van der Waals surface area contributed by atoms with E-state index in [0.29, 0.717) is 37.9 Å². The number of piperazine rings is 1. The number of amides is 3. The molecule has 3 aromatic rings. The van der Waals surface area contributed by atoms with Gasteiger partial charge in [-0.3, -0.25) is 9.59 Å². The Labute approximate surface area is 257 Å². The first-order valence-corrected chi connectivity index (χ1v) is 15.2. The van der Waals surface area contributed by atoms with E-state index >= 15 is 0 Å². The van der Waals surface area contributed by atoms with Gasteiger partial charge in [0.1, 0.15) is 17.8 Å². The Bertz CT molecular complexity index is 1390. The predicted molar refractivity (Wildman–Crippen MR) is 163 cm³/mol. The molecule has 0 radical (unpaired) electrons. The molecule has 1 N–H and O–H groups in total. The number of carbonyl (C=O) groups excluding carboxylic acids is 3. The lowest BCUT2D eigenvalue weighted by molar-refractivity contribution is -0.136. The van der Waals surface area contributed by atoms with Crippen LogP contribution in [0.4, 0.5) is 4.79 Å². The Morgan fingerprint density at radius 1 is 0.909 bits per heavy atom. The third kappa shape index (κ3) is 8.31. The zero-order valence-corrected chi connectivity index (χ0v) is 25.0. The summed E-state index contributed by atoms with van der Waals surface area (Å²) in [6, 6.07) is 19.6. The quantitative estimate of drug-likeness (QED) is 0.349. The molecule has 2 heterocycles. The molecule has 1 aromatic heterocycles. The number of rotatable bonds is 11. The largest absolute Gasteiger partial charge is 0.474 e. The first kappa shape index (κ1) is 30.9. The van der Waals surface area contributed by atoms with E-state index in [4.69, 9.17) is 14.2 Å². The molecule has 2 fully saturated rings. The van der Waals surface area contributed by atoms with Gasteiger partial charge < -0.3 is 29.3 Å². The Morgan fingerprint density at radius 2 is 1.57 bits per heavy atom. The van der Waals surface area contributed by atoms with Crippen molar-refractivity contribution in [2.45, 2.75) is 51.4 Å². The standard InChI is InChI=1S/C33H39N5O6/c1-2-43-33(41)38-19-17-37(18-20-38)32(40)28(23-42-22-24-11-5-3-6-12-24)35-31(39)27-21-29(44-26-15-9-10-16-26)36-30(34-27)25-13-7-4-8-14-25/h3-8,11-14,21,26,28H,2,9-10,15-20,22-23H2,1H3,(H,35,39). The molecule has 44 heavy (non-hydrogen) atoms. The molecule has 232 valence electrons. The van der Waals surface area contributed by atoms with E-state index < -0.39 is 18.0 Å². The average molecular weight is 602 g/mol. The zero-order valence-electron chi connectivity index (χ0n) is 25.0. The van der Waals surface area contributed by atoms with E-state index in [-0.39, 0.29) is 37.5 Å². The van der Waals surface area contributed by atoms with Crippen LogP contribution in [0.5, 0.6) is 5.88 Å². The minimum atomic E-state index is -0.977. The minimum Gasteiger partial charge on any atom is -0.474 e. The van der Waals surface area contributed by atoms with Gasteiger partial charge in [-0.25, -0.2) is 9.78 Å². The second-order valence-corrected chi connectivity index (χ2v) is 10.8. The molecule has 2 aromatic carbocycles. The van der Waals surface area contributed by atoms with Gasteiger partial charge in [0.15, 0.2) is 5.82 Å². The molecule has 5 rings (SSSR count). The third-order valence-corrected chi connectivity index (χ3v) is 7.67. The maximum absolute atomic E-state index is 13.7. The lowest BCUT2D eigenvalue weighted by atomic mass is 10.2. The van der Waals surface area contributed by atoms with Gasteiger partial charge in [0.2, 0.25) is 11.8 Å². The van der Waals surface area contributed by atoms with E-state index in [1.54, 1.807) is 16.7 Å². The van der Waals surface area contributed by atoms with Crippen LogP contribution in [0.3, 0.4) is 0 Å². The lowest BCUT2D eigenvalue weighted by Crippen LogP contribution is -2.57. The molecule has 0 spiro atoms. The minimum absolute atomic E-state index is 0.0402. The third-order valence-electron chi connectivity index (χ3n) is 7.67. The van der Waals surface area contributed by atoms with Crippen LogP contribution in [0.25, 0.3) is 11.4 Å². The summed E-state index contributed by atoms with van der Waals surface area (Å²) in [6.07, 6.45) is 3.70. The van der Waals surface area contributed by atoms with Crippen LogP contribution in [-0.4, -0.2) is 89.2 Å². The fraction of sp³-hybridized carbons (Fsp3) is 0.424. The molecule has 11 nitrogen and oxygen atoms in total. The topological polar surface area (TPSA) is 123 Å². The van der Waals surface area contributed by atoms with Gasteiger partial charge in [0.25, 0.3) is 5.91 Å². The van der Waals surface area contributed by atoms with Crippen molar-refractivity contribution >= 4 is 17.9 Å². The van der Waals surface area contributed by atoms with Gasteiger partial charge in [-0.1, -0.05) is 60.7 Å². The molecule has 1 aliphatic carbocycles. The molecule has 0 bridgehead atoms. The first-order chi connectivity index (χ1) is 21.5. The zero-order chi connectivity index (χ0) is 30.7. The number of aromatic nitrogens is 2. The summed E-state index contributed by atoms with van der Waals surface area (Å²) in [7, 11) is 0. The SMILES string of the molecule is CCOC(=O)N1CCN(C(=O)C(COCc2ccccc2)NC(=O)c2cc(OC3CCCC3)nc(-c3ccccc3)n2)CC1. The summed E-state index contributed by atoms with van der Waals surface area (Å²) in [6.45, 7) is 3.58. The smallest absolute Gasteiger partial charge is 0.409 e. The highest BCUT2D eigenvalue weighted by Gasteiger charge is 2.31. The summed E-state index contributed by atoms with van der Waals surface area (Å²) >= 11 is 0. The van der Waals surface area contributed by atoms with Crippen LogP contribution in [0.15, 0.2) is 66.7 Å². The van der Waals surface area contributed by atoms with Crippen LogP contribution in [0, 0.1) is 0 Å². The van der Waals surface area contributed by atoms with E-state index in [2.05, 4.69) is 15.3 Å². The van der Waals surface area contributed by atoms with Crippen molar-refractivity contribution in [3.8, 4) is 17.3 Å². The maximum Gasteiger partial charge on any atom is 0.409 e. The van der Waals surface area contributed by atoms with Gasteiger partial charge in [0.05, 0.1) is 19.8 Å². The number of hydrogen-bond donors (Lipinski definition) is 1. The van der Waals surface area contributed by atoms with Gasteiger partial charge in [-0.15, -0.1) is 0 Å². The van der Waals surface area contributed by atoms with Gasteiger partial charge in [0, 0.05) is 37.8 Å². The summed E-state index contributed by atoms with van der Waals surface area (Å²) in [5, 5.41) is 2.86. The van der Waals surface area contributed by atoms with Gasteiger partial charge in [-0.05, 0) is 38.2 Å². The van der Waals surface area contributed by atoms with E-state index in [0.717, 1.165) is 36.8 Å². The number of ether oxygens (including phenoxy) is 3. The van der Waals surface area contributed by atoms with Crippen molar-refractivity contribution < 1.29 is 28.6 Å². The fourth-order valence-electron chi connectivity index (χ4n) is 5.32. The Kier molecular flexibility index (Phi) is 10.7. The Balaban J connectivity index is 1.33. The summed E-state index contributed by atoms with van der Waals surface area (Å²) in [5.41, 5.74) is 1.79. The second-order valence-electron chi connectivity index (χ2n) is 10.8. The molecule has 1 unspecified atom stereocenters. The Morgan fingerprint density at radius 3 is 2.25 bits per heavy atom. The monoisotopic (exact) mass is 601 g/mol. The molecular formula is C33H39N5O6. The summed E-state index contributed by atoms with van der Waals surface area (Å²) in [5.74, 6) is -0.138. The van der Waals surface area contributed by atoms with E-state index in [1.807, 2.05) is 60.7 Å². The van der Waals surface area contributed by atoms with Crippen molar-refractivity contribution in [1.82, 2.24) is 25.1 Å². The van der Waals surface area contributed by atoms with Gasteiger partial charge >= 0.3 is 6.09 Å². The molecule has 1 aliphatic heterocycles. The van der Waals surface area contributed by atoms with E-state index in [9.17, 15) is 14.4 Å². The van der Waals surface area contributed by atoms with Crippen molar-refractivity contribution in [3.63, 3.8) is 0 Å². The van der Waals surface area contributed by atoms with E-state index in [1.165, 1.54) is 6.07 Å². The Hall–Kier alpha value is -4.51. The normalized spacial score (nSPS) is 15.9. The summed E-state index contributed by atoms with van der Waals surface area (Å²) < 4.78 is 17.2. The molecule has 1 saturated carbocycles. The number of hydrogen-bond acceptors (Lipinski definition) is 8. The predicted octanol–water partition coefficient (Wildman–Crippen LogP) is 4.08. The highest BCUT2D eigenvalue weighted by molar-refractivity contribution is 5.96. The number of nitrogens with one attached hydrogen (secondary N) is 1. The molecular weight excluding hydrogens is 562 g/mol. The van der Waals surface area contributed by atoms with Crippen molar-refractivity contribution in [2.24, 2.45) is 0 Å². The van der Waals surface area contributed by atoms with Crippen molar-refractivity contribution in [1.29, 1.82) is 0 Å². The molecule has 1 saturated heterocycles. The van der Waals surface area contributed by atoms with Crippen LogP contribution >= 0.6 is 0 Å².